The first kappa shape index (κ1) is 31.6. The van der Waals surface area contributed by atoms with Crippen molar-refractivity contribution in [1.82, 2.24) is 4.90 Å². The van der Waals surface area contributed by atoms with Crippen molar-refractivity contribution in [1.29, 1.82) is 0 Å². The van der Waals surface area contributed by atoms with Crippen molar-refractivity contribution >= 4 is 11.9 Å². The normalized spacial score (nSPS) is 20.8. The molecule has 35 heavy (non-hydrogen) atoms. The lowest BCUT2D eigenvalue weighted by atomic mass is 9.84. The van der Waals surface area contributed by atoms with Gasteiger partial charge in [-0.05, 0) is 37.5 Å². The highest BCUT2D eigenvalue weighted by atomic mass is 16.5. The molecule has 0 unspecified atom stereocenters. The molecule has 0 aromatic rings. The maximum absolute atomic E-state index is 12.6. The molecule has 0 aromatic heterocycles. The number of methoxy groups -OCH3 is 2. The van der Waals surface area contributed by atoms with Crippen molar-refractivity contribution in [2.75, 3.05) is 20.8 Å². The summed E-state index contributed by atoms with van der Waals surface area (Å²) in [5.74, 6) is 0.0830. The number of esters is 1. The van der Waals surface area contributed by atoms with E-state index in [9.17, 15) is 14.7 Å². The Hall–Kier alpha value is -1.44. The Labute approximate surface area is 213 Å². The summed E-state index contributed by atoms with van der Waals surface area (Å²) in [4.78, 5) is 26.3. The minimum Gasteiger partial charge on any atom is -0.462 e. The van der Waals surface area contributed by atoms with Gasteiger partial charge in [-0.15, -0.1) is 0 Å². The molecular weight excluding hydrogens is 446 g/mol. The summed E-state index contributed by atoms with van der Waals surface area (Å²) in [7, 11) is 3.37. The Morgan fingerprint density at radius 3 is 2.17 bits per heavy atom. The Kier molecular flexibility index (Phi) is 14.1. The second-order valence-electron chi connectivity index (χ2n) is 11.0. The number of hydrogen-bond acceptors (Lipinski definition) is 6. The molecule has 1 rings (SSSR count). The lowest BCUT2D eigenvalue weighted by Gasteiger charge is -2.34. The smallest absolute Gasteiger partial charge is 0.308 e. The monoisotopic (exact) mass is 497 g/mol. The van der Waals surface area contributed by atoms with Gasteiger partial charge in [0.05, 0.1) is 24.2 Å². The summed E-state index contributed by atoms with van der Waals surface area (Å²) < 4.78 is 17.6. The van der Waals surface area contributed by atoms with E-state index in [2.05, 4.69) is 20.8 Å². The number of carbonyl (C=O) groups excluding carboxylic acids is 2. The molecule has 0 aromatic carbocycles. The van der Waals surface area contributed by atoms with Gasteiger partial charge < -0.3 is 24.2 Å². The molecular formula is C28H51NO6. The number of carbonyl (C=O) groups is 2. The fourth-order valence-corrected chi connectivity index (χ4v) is 4.69. The van der Waals surface area contributed by atoms with Gasteiger partial charge in [0.1, 0.15) is 6.10 Å². The third kappa shape index (κ3) is 10.2. The Morgan fingerprint density at radius 2 is 1.69 bits per heavy atom. The number of hydrogen-bond donors (Lipinski definition) is 1. The average Bonchev–Trinajstić information content (AvgIpc) is 3.22. The molecule has 7 atom stereocenters. The van der Waals surface area contributed by atoms with Crippen molar-refractivity contribution in [3.63, 3.8) is 0 Å². The molecule has 7 heteroatoms. The Bertz CT molecular complexity index is 664. The molecule has 0 saturated carbocycles. The van der Waals surface area contributed by atoms with E-state index in [0.717, 1.165) is 19.4 Å². The van der Waals surface area contributed by atoms with Crippen molar-refractivity contribution in [2.45, 2.75) is 105 Å². The fourth-order valence-electron chi connectivity index (χ4n) is 4.69. The summed E-state index contributed by atoms with van der Waals surface area (Å²) in [6.45, 7) is 14.7. The first-order valence-corrected chi connectivity index (χ1v) is 13.3. The molecule has 1 N–H and O–H groups in total. The molecule has 1 fully saturated rings. The van der Waals surface area contributed by atoms with E-state index < -0.39 is 6.10 Å². The molecule has 7 nitrogen and oxygen atoms in total. The highest BCUT2D eigenvalue weighted by Gasteiger charge is 2.33. The van der Waals surface area contributed by atoms with Gasteiger partial charge in [0, 0.05) is 45.2 Å². The van der Waals surface area contributed by atoms with Crippen LogP contribution in [0.4, 0.5) is 0 Å². The molecule has 204 valence electrons. The van der Waals surface area contributed by atoms with Crippen LogP contribution in [0.15, 0.2) is 12.3 Å². The number of nitrogens with zero attached hydrogens (tertiary/aromatic N) is 1. The van der Waals surface area contributed by atoms with E-state index in [1.807, 2.05) is 40.0 Å². The molecule has 0 aliphatic carbocycles. The number of aliphatic hydroxyl groups excluding tert-OH is 1. The second-order valence-corrected chi connectivity index (χ2v) is 11.0. The predicted molar refractivity (Wildman–Crippen MR) is 139 cm³/mol. The molecule has 1 aliphatic heterocycles. The summed E-state index contributed by atoms with van der Waals surface area (Å²) in [5, 5.41) is 10.3. The van der Waals surface area contributed by atoms with Gasteiger partial charge in [-0.25, -0.2) is 0 Å². The molecule has 0 bridgehead atoms. The number of ether oxygens (including phenoxy) is 3. The van der Waals surface area contributed by atoms with Crippen LogP contribution in [0, 0.1) is 29.6 Å². The maximum Gasteiger partial charge on any atom is 0.308 e. The van der Waals surface area contributed by atoms with Crippen LogP contribution < -0.4 is 0 Å². The van der Waals surface area contributed by atoms with E-state index in [1.165, 1.54) is 0 Å². The zero-order valence-corrected chi connectivity index (χ0v) is 23.5. The molecule has 1 aliphatic rings. The molecule has 0 spiro atoms. The number of amides is 1. The topological polar surface area (TPSA) is 85.3 Å². The summed E-state index contributed by atoms with van der Waals surface area (Å²) in [6, 6.07) is 0. The fraction of sp³-hybridized carbons (Fsp3) is 0.857. The quantitative estimate of drug-likeness (QED) is 0.308. The van der Waals surface area contributed by atoms with Gasteiger partial charge >= 0.3 is 5.97 Å². The van der Waals surface area contributed by atoms with Crippen LogP contribution in [-0.4, -0.2) is 67.1 Å². The lowest BCUT2D eigenvalue weighted by Crippen LogP contribution is -2.39. The van der Waals surface area contributed by atoms with Crippen LogP contribution in [-0.2, 0) is 23.8 Å². The predicted octanol–water partition coefficient (Wildman–Crippen LogP) is 4.82. The van der Waals surface area contributed by atoms with E-state index in [1.54, 1.807) is 19.1 Å². The van der Waals surface area contributed by atoms with Gasteiger partial charge in [-0.2, -0.15) is 0 Å². The highest BCUT2D eigenvalue weighted by Crippen LogP contribution is 2.29. The van der Waals surface area contributed by atoms with E-state index in [-0.39, 0.29) is 59.8 Å². The van der Waals surface area contributed by atoms with Crippen LogP contribution in [0.3, 0.4) is 0 Å². The van der Waals surface area contributed by atoms with E-state index in [0.29, 0.717) is 19.3 Å². The lowest BCUT2D eigenvalue weighted by molar-refractivity contribution is -0.159. The van der Waals surface area contributed by atoms with Crippen LogP contribution in [0.25, 0.3) is 0 Å². The number of rotatable bonds is 16. The van der Waals surface area contributed by atoms with Gasteiger partial charge in [-0.3, -0.25) is 9.59 Å². The minimum absolute atomic E-state index is 0.0361. The Morgan fingerprint density at radius 1 is 1.03 bits per heavy atom. The van der Waals surface area contributed by atoms with Crippen molar-refractivity contribution in [2.24, 2.45) is 29.6 Å². The summed E-state index contributed by atoms with van der Waals surface area (Å²) >= 11 is 0. The third-order valence-corrected chi connectivity index (χ3v) is 7.40. The summed E-state index contributed by atoms with van der Waals surface area (Å²) in [5.41, 5.74) is 0. The van der Waals surface area contributed by atoms with Crippen LogP contribution in [0.1, 0.15) is 80.6 Å². The first-order valence-electron chi connectivity index (χ1n) is 13.3. The van der Waals surface area contributed by atoms with Gasteiger partial charge in [0.25, 0.3) is 0 Å². The largest absolute Gasteiger partial charge is 0.462 e. The van der Waals surface area contributed by atoms with E-state index >= 15 is 0 Å². The van der Waals surface area contributed by atoms with Crippen molar-refractivity contribution < 1.29 is 28.9 Å². The van der Waals surface area contributed by atoms with Crippen LogP contribution >= 0.6 is 0 Å². The highest BCUT2D eigenvalue weighted by molar-refractivity contribution is 5.79. The average molecular weight is 498 g/mol. The third-order valence-electron chi connectivity index (χ3n) is 7.40. The SMILES string of the molecule is CO[C@@H]([C@@H](C)[C@@H](CC[C@H](C)[C@H](C[C@H](O)C(C)C)OC)OC(=O)C(C)C)[C@H](C)/C=C/N1CCCC1=O. The maximum atomic E-state index is 12.6. The summed E-state index contributed by atoms with van der Waals surface area (Å²) in [6.07, 6.45) is 6.48. The van der Waals surface area contributed by atoms with Gasteiger partial charge in [0.15, 0.2) is 0 Å². The molecule has 0 radical (unpaired) electrons. The zero-order chi connectivity index (χ0) is 26.7. The van der Waals surface area contributed by atoms with Gasteiger partial charge in [0.2, 0.25) is 5.91 Å². The molecule has 1 heterocycles. The Balaban J connectivity index is 2.92. The zero-order valence-electron chi connectivity index (χ0n) is 23.5. The number of aliphatic hydroxyl groups is 1. The van der Waals surface area contributed by atoms with E-state index in [4.69, 9.17) is 14.2 Å². The van der Waals surface area contributed by atoms with Crippen molar-refractivity contribution in [3.8, 4) is 0 Å². The van der Waals surface area contributed by atoms with Crippen LogP contribution in [0.5, 0.6) is 0 Å². The first-order chi connectivity index (χ1) is 16.4. The molecule has 1 amide bonds. The standard InChI is InChI=1S/C28H51NO6/c1-18(2)23(30)17-25(33-8)20(5)12-13-24(35-28(32)19(3)4)22(7)27(34-9)21(6)14-16-29-15-10-11-26(29)31/h14,16,18-25,27,30H,10-13,15,17H2,1-9H3/b16-14+/t20-,21+,22-,23-,24+,25-,27+/m0/s1. The van der Waals surface area contributed by atoms with Gasteiger partial charge in [-0.1, -0.05) is 54.5 Å². The molecule has 1 saturated heterocycles. The minimum atomic E-state index is -0.413. The van der Waals surface area contributed by atoms with Crippen molar-refractivity contribution in [3.05, 3.63) is 12.3 Å². The van der Waals surface area contributed by atoms with Crippen LogP contribution in [0.2, 0.25) is 0 Å². The number of likely N-dealkylation sites (tertiary alicyclic amines) is 1. The second kappa shape index (κ2) is 15.6.